The first-order chi connectivity index (χ1) is 47.0. The van der Waals surface area contributed by atoms with Gasteiger partial charge in [0.1, 0.15) is 42.1 Å². The molecule has 24 heteroatoms. The number of cyclic esters (lactones) is 2. The first-order valence-corrected chi connectivity index (χ1v) is 35.2. The fourth-order valence-corrected chi connectivity index (χ4v) is 12.3. The van der Waals surface area contributed by atoms with Gasteiger partial charge < -0.3 is 60.6 Å². The molecular formula is C75H108N8O16. The Kier molecular flexibility index (Phi) is 32.7. The Bertz CT molecular complexity index is 3210. The molecule has 2 aliphatic heterocycles. The number of amides is 8. The van der Waals surface area contributed by atoms with Crippen LogP contribution in [-0.2, 0) is 63.8 Å². The standard InChI is InChI=1S/C75H108N8O16/c1-14-48(8)64-60(84)44-63(87)99-68(47(6)7)66(88)49(9)69(90)78-56(41-45(2)3)73(94)83-40-24-27-57(83)74(95)82(12)59(43-51-30-36-55(97-13)37-31-51)75(96)98-50(10)65(72(93)79-64)80-71(92)58(42-46(4)5)81(11)62(86)29-21-17-22-38-76-61(85)28-20-16-23-39-77-70(91)54-34-32-53(33-35-54)67(89)52-25-18-15-19-26-52/h15,18-19,25-26,30-37,45-50,56-60,64-65,68,84H,14,16-17,20-24,27-29,38-44H2,1-13H3,(H,76,85)(H,77,91)(H,78,90)(H,79,93)(H,80,92)/t48-,49-,50+,56-,57-,58+,59-,60-,64+,65+,68-/m0/s1. The molecule has 99 heavy (non-hydrogen) atoms. The van der Waals surface area contributed by atoms with Gasteiger partial charge in [0.05, 0.1) is 31.6 Å². The summed E-state index contributed by atoms with van der Waals surface area (Å²) in [7, 11) is 4.39. The number of esters is 2. The summed E-state index contributed by atoms with van der Waals surface area (Å²) in [4.78, 5) is 173. The molecule has 0 saturated carbocycles. The van der Waals surface area contributed by atoms with E-state index in [2.05, 4.69) is 26.6 Å². The Morgan fingerprint density at radius 3 is 1.95 bits per heavy atom. The van der Waals surface area contributed by atoms with Crippen LogP contribution in [0.4, 0.5) is 0 Å². The van der Waals surface area contributed by atoms with Gasteiger partial charge in [-0.3, -0.25) is 52.7 Å². The van der Waals surface area contributed by atoms with Gasteiger partial charge in [-0.15, -0.1) is 0 Å². The molecule has 544 valence electrons. The number of Topliss-reactive ketones (excluding diaryl/α,β-unsaturated/α-hetero) is 1. The quantitative estimate of drug-likeness (QED) is 0.0187. The number of likely N-dealkylation sites (N-methyl/N-ethyl adjacent to an activating group) is 2. The zero-order valence-electron chi connectivity index (χ0n) is 60.2. The van der Waals surface area contributed by atoms with Gasteiger partial charge >= 0.3 is 11.9 Å². The average Bonchev–Trinajstić information content (AvgIpc) is 1.20. The summed E-state index contributed by atoms with van der Waals surface area (Å²) in [6.07, 6.45) is -0.355. The maximum Gasteiger partial charge on any atom is 0.329 e. The third-order valence-corrected chi connectivity index (χ3v) is 18.5. The van der Waals surface area contributed by atoms with Crippen LogP contribution in [0.3, 0.4) is 0 Å². The minimum Gasteiger partial charge on any atom is -0.497 e. The van der Waals surface area contributed by atoms with Crippen LogP contribution in [0.15, 0.2) is 78.9 Å². The highest BCUT2D eigenvalue weighted by molar-refractivity contribution is 6.09. The highest BCUT2D eigenvalue weighted by Gasteiger charge is 2.45. The molecule has 2 saturated heterocycles. The lowest BCUT2D eigenvalue weighted by molar-refractivity contribution is -0.163. The summed E-state index contributed by atoms with van der Waals surface area (Å²) in [5, 5.41) is 26.1. The number of hydrogen-bond acceptors (Lipinski definition) is 16. The summed E-state index contributed by atoms with van der Waals surface area (Å²) >= 11 is 0. The van der Waals surface area contributed by atoms with Crippen molar-refractivity contribution in [3.8, 4) is 5.75 Å². The average molecular weight is 1380 g/mol. The Hall–Kier alpha value is -8.54. The van der Waals surface area contributed by atoms with Gasteiger partial charge in [-0.2, -0.15) is 0 Å². The van der Waals surface area contributed by atoms with Crippen molar-refractivity contribution in [3.05, 3.63) is 101 Å². The van der Waals surface area contributed by atoms with Crippen LogP contribution < -0.4 is 31.3 Å². The molecule has 0 bridgehead atoms. The van der Waals surface area contributed by atoms with Crippen LogP contribution in [0.1, 0.15) is 191 Å². The highest BCUT2D eigenvalue weighted by atomic mass is 16.6. The van der Waals surface area contributed by atoms with E-state index in [1.165, 1.54) is 49.8 Å². The molecule has 0 aliphatic carbocycles. The van der Waals surface area contributed by atoms with Crippen LogP contribution in [-0.4, -0.2) is 186 Å². The van der Waals surface area contributed by atoms with Gasteiger partial charge in [-0.05, 0) is 119 Å². The highest BCUT2D eigenvalue weighted by Crippen LogP contribution is 2.27. The molecule has 8 amide bonds. The van der Waals surface area contributed by atoms with Crippen molar-refractivity contribution in [1.82, 2.24) is 41.3 Å². The van der Waals surface area contributed by atoms with Crippen molar-refractivity contribution in [3.63, 3.8) is 0 Å². The number of fused-ring (bicyclic) bond motifs is 1. The van der Waals surface area contributed by atoms with E-state index in [0.29, 0.717) is 98.9 Å². The molecule has 0 aromatic heterocycles. The fraction of sp³-hybridized carbons (Fsp3) is 0.600. The normalized spacial score (nSPS) is 22.4. The zero-order chi connectivity index (χ0) is 73.2. The Morgan fingerprint density at radius 1 is 0.727 bits per heavy atom. The predicted molar refractivity (Wildman–Crippen MR) is 372 cm³/mol. The number of nitrogens with zero attached hydrogens (tertiary/aromatic N) is 3. The number of methoxy groups -OCH3 is 1. The maximum absolute atomic E-state index is 15.1. The van der Waals surface area contributed by atoms with Crippen molar-refractivity contribution in [2.45, 2.75) is 220 Å². The third-order valence-electron chi connectivity index (χ3n) is 18.5. The number of ketones is 2. The minimum atomic E-state index is -1.73. The number of aliphatic hydroxyl groups excluding tert-OH is 1. The zero-order valence-corrected chi connectivity index (χ0v) is 60.2. The van der Waals surface area contributed by atoms with Gasteiger partial charge in [0.2, 0.25) is 41.4 Å². The van der Waals surface area contributed by atoms with Gasteiger partial charge in [0, 0.05) is 69.7 Å². The van der Waals surface area contributed by atoms with E-state index >= 15 is 9.59 Å². The smallest absolute Gasteiger partial charge is 0.329 e. The molecule has 0 unspecified atom stereocenters. The predicted octanol–water partition coefficient (Wildman–Crippen LogP) is 6.84. The minimum absolute atomic E-state index is 0.0458. The number of unbranched alkanes of at least 4 members (excludes halogenated alkanes) is 4. The van der Waals surface area contributed by atoms with Crippen LogP contribution in [0.2, 0.25) is 0 Å². The monoisotopic (exact) mass is 1380 g/mol. The first-order valence-electron chi connectivity index (χ1n) is 35.2. The molecule has 11 atom stereocenters. The molecule has 0 spiro atoms. The van der Waals surface area contributed by atoms with Crippen molar-refractivity contribution in [2.75, 3.05) is 40.8 Å². The molecule has 2 heterocycles. The van der Waals surface area contributed by atoms with Crippen molar-refractivity contribution in [2.24, 2.45) is 29.6 Å². The fourth-order valence-electron chi connectivity index (χ4n) is 12.3. The third kappa shape index (κ3) is 24.4. The van der Waals surface area contributed by atoms with E-state index in [-0.39, 0.29) is 74.0 Å². The molecule has 0 radical (unpaired) electrons. The number of hydrogen-bond donors (Lipinski definition) is 6. The number of carbonyl (C=O) groups is 12. The second-order valence-electron chi connectivity index (χ2n) is 27.6. The van der Waals surface area contributed by atoms with E-state index in [1.54, 1.807) is 100 Å². The van der Waals surface area contributed by atoms with Crippen LogP contribution in [0, 0.1) is 29.6 Å². The van der Waals surface area contributed by atoms with Crippen LogP contribution in [0.25, 0.3) is 0 Å². The molecule has 2 aliphatic rings. The number of carbonyl (C=O) groups excluding carboxylic acids is 12. The van der Waals surface area contributed by atoms with Gasteiger partial charge in [0.15, 0.2) is 17.7 Å². The molecular weight excluding hydrogens is 1270 g/mol. The number of aliphatic hydroxyl groups is 1. The largest absolute Gasteiger partial charge is 0.497 e. The molecule has 3 aromatic rings. The topological polar surface area (TPSA) is 323 Å². The first kappa shape index (κ1) is 81.1. The van der Waals surface area contributed by atoms with Crippen molar-refractivity contribution >= 4 is 70.8 Å². The van der Waals surface area contributed by atoms with E-state index in [9.17, 15) is 53.1 Å². The van der Waals surface area contributed by atoms with Crippen LogP contribution >= 0.6 is 0 Å². The second-order valence-corrected chi connectivity index (χ2v) is 27.6. The number of benzene rings is 3. The number of nitrogens with one attached hydrogen (secondary N) is 5. The van der Waals surface area contributed by atoms with Gasteiger partial charge in [-0.1, -0.05) is 129 Å². The lowest BCUT2D eigenvalue weighted by Crippen LogP contribution is -2.61. The maximum atomic E-state index is 15.1. The summed E-state index contributed by atoms with van der Waals surface area (Å²) in [6, 6.07) is 14.4. The summed E-state index contributed by atoms with van der Waals surface area (Å²) in [6.45, 7) is 17.8. The van der Waals surface area contributed by atoms with E-state index in [4.69, 9.17) is 14.2 Å². The van der Waals surface area contributed by atoms with E-state index in [0.717, 1.165) is 0 Å². The summed E-state index contributed by atoms with van der Waals surface area (Å²) in [5.41, 5.74) is 2.06. The molecule has 2 fully saturated rings. The molecule has 24 nitrogen and oxygen atoms in total. The Balaban J connectivity index is 1.31. The van der Waals surface area contributed by atoms with Crippen LogP contribution in [0.5, 0.6) is 5.75 Å². The number of ether oxygens (including phenoxy) is 3. The summed E-state index contributed by atoms with van der Waals surface area (Å²) < 4.78 is 17.3. The van der Waals surface area contributed by atoms with Crippen molar-refractivity contribution in [1.29, 1.82) is 0 Å². The molecule has 3 aromatic carbocycles. The molecule has 5 rings (SSSR count). The molecule has 6 N–H and O–H groups in total. The lowest BCUT2D eigenvalue weighted by atomic mass is 9.91. The summed E-state index contributed by atoms with van der Waals surface area (Å²) in [5.74, 6) is -9.76. The SMILES string of the molecule is CC[C@H](C)[C@H]1NC(=O)[C@H](NC(=O)[C@@H](CC(C)C)N(C)C(=O)CCCCCNC(=O)CCCCCNC(=O)c2ccc(C(=O)c3ccccc3)cc2)[C@@H](C)OC(=O)[C@H](Cc2ccc(OC)cc2)N(C)C(=O)[C@@H]2CCCN2C(=O)[C@H](CC(C)C)NC(=O)[C@@H](C)C(=O)[C@H](C(C)C)OC(=O)C[C@@H]1O. The lowest BCUT2D eigenvalue weighted by Gasteiger charge is -2.36. The number of rotatable bonds is 28. The Labute approximate surface area is 583 Å². The van der Waals surface area contributed by atoms with Gasteiger partial charge in [0.25, 0.3) is 5.91 Å². The van der Waals surface area contributed by atoms with E-state index in [1.807, 2.05) is 33.8 Å². The van der Waals surface area contributed by atoms with Crippen molar-refractivity contribution < 1.29 is 76.9 Å². The Morgan fingerprint density at radius 2 is 1.34 bits per heavy atom. The van der Waals surface area contributed by atoms with E-state index < -0.39 is 126 Å². The second kappa shape index (κ2) is 39.9. The van der Waals surface area contributed by atoms with Gasteiger partial charge in [-0.25, -0.2) is 4.79 Å².